The Morgan fingerprint density at radius 2 is 2.10 bits per heavy atom. The average Bonchev–Trinajstić information content (AvgIpc) is 2.93. The number of urea groups is 1. The first kappa shape index (κ1) is 15.3. The van der Waals surface area contributed by atoms with E-state index < -0.39 is 18.0 Å². The fourth-order valence-electron chi connectivity index (χ4n) is 1.73. The third-order valence-corrected chi connectivity index (χ3v) is 3.99. The van der Waals surface area contributed by atoms with Crippen molar-refractivity contribution in [3.05, 3.63) is 51.2 Å². The van der Waals surface area contributed by atoms with E-state index in [1.807, 2.05) is 13.0 Å². The first-order chi connectivity index (χ1) is 9.97. The third-order valence-electron chi connectivity index (χ3n) is 2.72. The Morgan fingerprint density at radius 3 is 2.71 bits per heavy atom. The number of carbonyl (C=O) groups excluding carboxylic acids is 1. The summed E-state index contributed by atoms with van der Waals surface area (Å²) >= 11 is 7.25. The van der Waals surface area contributed by atoms with Gasteiger partial charge in [-0.25, -0.2) is 9.59 Å². The van der Waals surface area contributed by atoms with Crippen LogP contribution in [0.4, 0.5) is 10.5 Å². The minimum atomic E-state index is -1.12. The van der Waals surface area contributed by atoms with E-state index in [0.29, 0.717) is 15.6 Å². The molecule has 0 saturated heterocycles. The van der Waals surface area contributed by atoms with Crippen LogP contribution in [-0.4, -0.2) is 17.1 Å². The minimum absolute atomic E-state index is 0.388. The summed E-state index contributed by atoms with van der Waals surface area (Å²) in [5.41, 5.74) is 1.37. The number of thiophene rings is 1. The Bertz CT molecular complexity index is 658. The molecule has 2 rings (SSSR count). The van der Waals surface area contributed by atoms with Crippen LogP contribution in [0.15, 0.2) is 35.7 Å². The molecule has 3 N–H and O–H groups in total. The molecule has 1 aromatic carbocycles. The SMILES string of the molecule is Cc1ccc(Cl)c(NC(=O)NC(C(=O)O)c2cccs2)c1. The number of anilines is 1. The maximum absolute atomic E-state index is 11.9. The Hall–Kier alpha value is -2.05. The molecule has 5 nitrogen and oxygen atoms in total. The van der Waals surface area contributed by atoms with Gasteiger partial charge >= 0.3 is 12.0 Å². The number of hydrogen-bond donors (Lipinski definition) is 3. The zero-order chi connectivity index (χ0) is 15.4. The monoisotopic (exact) mass is 324 g/mol. The van der Waals surface area contributed by atoms with Crippen LogP contribution in [0.3, 0.4) is 0 Å². The largest absolute Gasteiger partial charge is 0.479 e. The second-order valence-corrected chi connectivity index (χ2v) is 5.75. The predicted molar refractivity (Wildman–Crippen MR) is 83.0 cm³/mol. The molecule has 0 spiro atoms. The highest BCUT2D eigenvalue weighted by atomic mass is 35.5. The van der Waals surface area contributed by atoms with Crippen molar-refractivity contribution in [2.24, 2.45) is 0 Å². The number of aliphatic carboxylic acids is 1. The molecule has 0 aliphatic rings. The second-order valence-electron chi connectivity index (χ2n) is 4.37. The highest BCUT2D eigenvalue weighted by molar-refractivity contribution is 7.10. The van der Waals surface area contributed by atoms with Crippen LogP contribution >= 0.6 is 22.9 Å². The van der Waals surface area contributed by atoms with Crippen molar-refractivity contribution in [1.82, 2.24) is 5.32 Å². The fraction of sp³-hybridized carbons (Fsp3) is 0.143. The Labute approximate surface area is 130 Å². The summed E-state index contributed by atoms with van der Waals surface area (Å²) in [7, 11) is 0. The lowest BCUT2D eigenvalue weighted by Gasteiger charge is -2.14. The molecule has 7 heteroatoms. The summed E-state index contributed by atoms with van der Waals surface area (Å²) in [5.74, 6) is -1.12. The van der Waals surface area contributed by atoms with E-state index in [9.17, 15) is 14.7 Å². The van der Waals surface area contributed by atoms with Gasteiger partial charge in [-0.1, -0.05) is 23.7 Å². The first-order valence-electron chi connectivity index (χ1n) is 6.07. The van der Waals surface area contributed by atoms with E-state index in [2.05, 4.69) is 10.6 Å². The quantitative estimate of drug-likeness (QED) is 0.803. The van der Waals surface area contributed by atoms with Gasteiger partial charge in [-0.2, -0.15) is 0 Å². The highest BCUT2D eigenvalue weighted by Crippen LogP contribution is 2.23. The Kier molecular flexibility index (Phi) is 4.82. The van der Waals surface area contributed by atoms with Gasteiger partial charge in [-0.15, -0.1) is 11.3 Å². The Morgan fingerprint density at radius 1 is 1.33 bits per heavy atom. The van der Waals surface area contributed by atoms with Gasteiger partial charge in [0.05, 0.1) is 10.7 Å². The van der Waals surface area contributed by atoms with Crippen LogP contribution < -0.4 is 10.6 Å². The van der Waals surface area contributed by atoms with Crippen LogP contribution in [0.25, 0.3) is 0 Å². The number of carbonyl (C=O) groups is 2. The smallest absolute Gasteiger partial charge is 0.331 e. The van der Waals surface area contributed by atoms with Crippen molar-refractivity contribution in [1.29, 1.82) is 0 Å². The van der Waals surface area contributed by atoms with Crippen LogP contribution in [-0.2, 0) is 4.79 Å². The highest BCUT2D eigenvalue weighted by Gasteiger charge is 2.23. The van der Waals surface area contributed by atoms with Crippen LogP contribution in [0.5, 0.6) is 0 Å². The lowest BCUT2D eigenvalue weighted by atomic mass is 10.2. The molecule has 2 amide bonds. The summed E-state index contributed by atoms with van der Waals surface area (Å²) in [5, 5.41) is 16.3. The number of amides is 2. The molecule has 1 heterocycles. The van der Waals surface area contributed by atoms with E-state index in [0.717, 1.165) is 5.56 Å². The molecule has 0 aliphatic heterocycles. The minimum Gasteiger partial charge on any atom is -0.479 e. The number of benzene rings is 1. The van der Waals surface area contributed by atoms with E-state index in [1.54, 1.807) is 29.6 Å². The van der Waals surface area contributed by atoms with Gasteiger partial charge in [0.1, 0.15) is 0 Å². The predicted octanol–water partition coefficient (Wildman–Crippen LogP) is 3.66. The molecular formula is C14H13ClN2O3S. The van der Waals surface area contributed by atoms with Gasteiger partial charge in [-0.3, -0.25) is 0 Å². The fourth-order valence-corrected chi connectivity index (χ4v) is 2.67. The molecule has 2 aromatic rings. The van der Waals surface area contributed by atoms with Crippen molar-refractivity contribution in [3.63, 3.8) is 0 Å². The zero-order valence-corrected chi connectivity index (χ0v) is 12.7. The van der Waals surface area contributed by atoms with Gasteiger partial charge < -0.3 is 15.7 Å². The summed E-state index contributed by atoms with van der Waals surface area (Å²) in [6, 6.07) is 6.87. The Balaban J connectivity index is 2.10. The van der Waals surface area contributed by atoms with Crippen molar-refractivity contribution < 1.29 is 14.7 Å². The average molecular weight is 325 g/mol. The van der Waals surface area contributed by atoms with Gasteiger partial charge in [0.15, 0.2) is 6.04 Å². The van der Waals surface area contributed by atoms with E-state index in [-0.39, 0.29) is 0 Å². The van der Waals surface area contributed by atoms with Crippen LogP contribution in [0.1, 0.15) is 16.5 Å². The van der Waals surface area contributed by atoms with E-state index in [4.69, 9.17) is 11.6 Å². The van der Waals surface area contributed by atoms with Crippen molar-refractivity contribution >= 4 is 40.6 Å². The standard InChI is InChI=1S/C14H13ClN2O3S/c1-8-4-5-9(15)10(7-8)16-14(20)17-12(13(18)19)11-3-2-6-21-11/h2-7,12H,1H3,(H,18,19)(H2,16,17,20). The number of halogens is 1. The van der Waals surface area contributed by atoms with E-state index >= 15 is 0 Å². The molecule has 110 valence electrons. The summed E-state index contributed by atoms with van der Waals surface area (Å²) in [4.78, 5) is 23.7. The van der Waals surface area contributed by atoms with Crippen LogP contribution in [0.2, 0.25) is 5.02 Å². The molecule has 0 bridgehead atoms. The molecule has 21 heavy (non-hydrogen) atoms. The molecule has 1 aromatic heterocycles. The lowest BCUT2D eigenvalue weighted by Crippen LogP contribution is -2.36. The second kappa shape index (κ2) is 6.60. The molecule has 0 radical (unpaired) electrons. The number of aryl methyl sites for hydroxylation is 1. The van der Waals surface area contributed by atoms with E-state index in [1.165, 1.54) is 11.3 Å². The maximum Gasteiger partial charge on any atom is 0.331 e. The van der Waals surface area contributed by atoms with Crippen molar-refractivity contribution in [3.8, 4) is 0 Å². The number of rotatable bonds is 4. The normalized spacial score (nSPS) is 11.7. The number of carboxylic acid groups (broad SMARTS) is 1. The first-order valence-corrected chi connectivity index (χ1v) is 7.33. The van der Waals surface area contributed by atoms with Crippen LogP contribution in [0, 0.1) is 6.92 Å². The van der Waals surface area contributed by atoms with Gasteiger partial charge in [0.25, 0.3) is 0 Å². The van der Waals surface area contributed by atoms with Gasteiger partial charge in [-0.05, 0) is 36.1 Å². The van der Waals surface area contributed by atoms with Crippen molar-refractivity contribution in [2.75, 3.05) is 5.32 Å². The summed E-state index contributed by atoms with van der Waals surface area (Å²) in [6.45, 7) is 1.87. The molecule has 0 fully saturated rings. The molecular weight excluding hydrogens is 312 g/mol. The maximum atomic E-state index is 11.9. The number of carboxylic acids is 1. The van der Waals surface area contributed by atoms with Gasteiger partial charge in [0, 0.05) is 4.88 Å². The summed E-state index contributed by atoms with van der Waals surface area (Å²) < 4.78 is 0. The van der Waals surface area contributed by atoms with Crippen molar-refractivity contribution in [2.45, 2.75) is 13.0 Å². The number of hydrogen-bond acceptors (Lipinski definition) is 3. The zero-order valence-electron chi connectivity index (χ0n) is 11.1. The lowest BCUT2D eigenvalue weighted by molar-refractivity contribution is -0.139. The van der Waals surface area contributed by atoms with Gasteiger partial charge in [0.2, 0.25) is 0 Å². The molecule has 1 atom stereocenters. The third kappa shape index (κ3) is 3.96. The summed E-state index contributed by atoms with van der Waals surface area (Å²) in [6.07, 6.45) is 0. The molecule has 1 unspecified atom stereocenters. The molecule has 0 aliphatic carbocycles. The number of nitrogens with one attached hydrogen (secondary N) is 2. The molecule has 0 saturated carbocycles. The topological polar surface area (TPSA) is 78.4 Å².